The molecule has 1 aromatic rings. The molecule has 2 rings (SSSR count). The summed E-state index contributed by atoms with van der Waals surface area (Å²) >= 11 is 0. The molecule has 0 bridgehead atoms. The lowest BCUT2D eigenvalue weighted by Crippen LogP contribution is -2.17. The predicted molar refractivity (Wildman–Crippen MR) is 59.3 cm³/mol. The van der Waals surface area contributed by atoms with Gasteiger partial charge < -0.3 is 10.4 Å². The van der Waals surface area contributed by atoms with E-state index in [2.05, 4.69) is 5.32 Å². The Morgan fingerprint density at radius 2 is 1.74 bits per heavy atom. The number of anilines is 1. The summed E-state index contributed by atoms with van der Waals surface area (Å²) < 4.78 is 36.9. The quantitative estimate of drug-likeness (QED) is 0.888. The topological polar surface area (TPSA) is 66.4 Å². The maximum Gasteiger partial charge on any atom is 0.416 e. The Kier molecular flexibility index (Phi) is 3.21. The normalized spacial score (nSPS) is 21.8. The summed E-state index contributed by atoms with van der Waals surface area (Å²) in [5, 5.41) is 11.1. The van der Waals surface area contributed by atoms with E-state index in [-0.39, 0.29) is 12.1 Å². The third kappa shape index (κ3) is 3.04. The number of carbonyl (C=O) groups excluding carboxylic acids is 1. The Morgan fingerprint density at radius 1 is 1.16 bits per heavy atom. The van der Waals surface area contributed by atoms with Gasteiger partial charge in [0.25, 0.3) is 0 Å². The summed E-state index contributed by atoms with van der Waals surface area (Å²) in [5.41, 5.74) is -0.589. The SMILES string of the molecule is O=C(O)[C@H]1C[C@@H]1C(=O)Nc1ccc(C(F)(F)F)cc1. The first-order valence-corrected chi connectivity index (χ1v) is 5.50. The van der Waals surface area contributed by atoms with Gasteiger partial charge in [-0.3, -0.25) is 9.59 Å². The molecular weight excluding hydrogens is 263 g/mol. The molecule has 1 saturated carbocycles. The van der Waals surface area contributed by atoms with E-state index >= 15 is 0 Å². The Morgan fingerprint density at radius 3 is 2.16 bits per heavy atom. The van der Waals surface area contributed by atoms with Crippen molar-refractivity contribution in [2.45, 2.75) is 12.6 Å². The minimum atomic E-state index is -4.42. The molecule has 2 N–H and O–H groups in total. The predicted octanol–water partition coefficient (Wildman–Crippen LogP) is 2.36. The van der Waals surface area contributed by atoms with E-state index in [0.717, 1.165) is 24.3 Å². The van der Waals surface area contributed by atoms with Gasteiger partial charge in [-0.05, 0) is 30.7 Å². The van der Waals surface area contributed by atoms with Crippen LogP contribution >= 0.6 is 0 Å². The molecule has 0 saturated heterocycles. The van der Waals surface area contributed by atoms with Gasteiger partial charge in [0.1, 0.15) is 0 Å². The number of benzene rings is 1. The van der Waals surface area contributed by atoms with Gasteiger partial charge in [0.05, 0.1) is 17.4 Å². The fourth-order valence-corrected chi connectivity index (χ4v) is 1.74. The largest absolute Gasteiger partial charge is 0.481 e. The summed E-state index contributed by atoms with van der Waals surface area (Å²) in [7, 11) is 0. The number of aliphatic carboxylic acids is 1. The molecule has 0 radical (unpaired) electrons. The Hall–Kier alpha value is -2.05. The van der Waals surface area contributed by atoms with Crippen molar-refractivity contribution in [3.63, 3.8) is 0 Å². The fourth-order valence-electron chi connectivity index (χ4n) is 1.74. The number of nitrogens with one attached hydrogen (secondary N) is 1. The number of alkyl halides is 3. The lowest BCUT2D eigenvalue weighted by molar-refractivity contribution is -0.140. The van der Waals surface area contributed by atoms with Crippen molar-refractivity contribution in [3.05, 3.63) is 29.8 Å². The molecule has 0 heterocycles. The van der Waals surface area contributed by atoms with Crippen molar-refractivity contribution in [2.75, 3.05) is 5.32 Å². The molecule has 7 heteroatoms. The first-order valence-electron chi connectivity index (χ1n) is 5.50. The van der Waals surface area contributed by atoms with Crippen LogP contribution in [-0.2, 0) is 15.8 Å². The summed E-state index contributed by atoms with van der Waals surface area (Å²) in [6.45, 7) is 0. The second kappa shape index (κ2) is 4.56. The van der Waals surface area contributed by atoms with E-state index in [0.29, 0.717) is 0 Å². The van der Waals surface area contributed by atoms with E-state index in [1.165, 1.54) is 0 Å². The van der Waals surface area contributed by atoms with Gasteiger partial charge in [0, 0.05) is 5.69 Å². The van der Waals surface area contributed by atoms with Crippen LogP contribution in [0, 0.1) is 11.8 Å². The van der Waals surface area contributed by atoms with Crippen LogP contribution in [0.3, 0.4) is 0 Å². The Balaban J connectivity index is 1.97. The minimum absolute atomic E-state index is 0.217. The average Bonchev–Trinajstić information content (AvgIpc) is 3.08. The highest BCUT2D eigenvalue weighted by atomic mass is 19.4. The van der Waals surface area contributed by atoms with Gasteiger partial charge in [-0.15, -0.1) is 0 Å². The third-order valence-electron chi connectivity index (χ3n) is 2.92. The lowest BCUT2D eigenvalue weighted by atomic mass is 10.2. The van der Waals surface area contributed by atoms with E-state index in [1.54, 1.807) is 0 Å². The number of carbonyl (C=O) groups is 2. The van der Waals surface area contributed by atoms with Crippen molar-refractivity contribution in [1.82, 2.24) is 0 Å². The first kappa shape index (κ1) is 13.4. The summed E-state index contributed by atoms with van der Waals surface area (Å²) in [6.07, 6.45) is -4.16. The second-order valence-corrected chi connectivity index (χ2v) is 4.35. The number of halogens is 3. The van der Waals surface area contributed by atoms with Crippen LogP contribution in [0.1, 0.15) is 12.0 Å². The molecule has 4 nitrogen and oxygen atoms in total. The maximum atomic E-state index is 12.3. The van der Waals surface area contributed by atoms with Crippen molar-refractivity contribution in [3.8, 4) is 0 Å². The summed E-state index contributed by atoms with van der Waals surface area (Å²) in [5.74, 6) is -2.80. The molecule has 19 heavy (non-hydrogen) atoms. The van der Waals surface area contributed by atoms with E-state index in [4.69, 9.17) is 5.11 Å². The van der Waals surface area contributed by atoms with E-state index in [9.17, 15) is 22.8 Å². The van der Waals surface area contributed by atoms with Crippen LogP contribution in [0.15, 0.2) is 24.3 Å². The maximum absolute atomic E-state index is 12.3. The number of carboxylic acids is 1. The molecular formula is C12H10F3NO3. The molecule has 1 aliphatic rings. The van der Waals surface area contributed by atoms with E-state index in [1.807, 2.05) is 0 Å². The zero-order chi connectivity index (χ0) is 14.2. The lowest BCUT2D eigenvalue weighted by Gasteiger charge is -2.08. The summed E-state index contributed by atoms with van der Waals surface area (Å²) in [6, 6.07) is 3.99. The van der Waals surface area contributed by atoms with Crippen LogP contribution in [0.4, 0.5) is 18.9 Å². The molecule has 0 aromatic heterocycles. The smallest absolute Gasteiger partial charge is 0.416 e. The van der Waals surface area contributed by atoms with Gasteiger partial charge in [-0.2, -0.15) is 13.2 Å². The van der Waals surface area contributed by atoms with Crippen molar-refractivity contribution in [1.29, 1.82) is 0 Å². The first-order chi connectivity index (χ1) is 8.79. The fraction of sp³-hybridized carbons (Fsp3) is 0.333. The highest BCUT2D eigenvalue weighted by Gasteiger charge is 2.48. The zero-order valence-electron chi connectivity index (χ0n) is 9.57. The monoisotopic (exact) mass is 273 g/mol. The number of amides is 1. The van der Waals surface area contributed by atoms with Crippen molar-refractivity contribution < 1.29 is 27.9 Å². The highest BCUT2D eigenvalue weighted by Crippen LogP contribution is 2.39. The molecule has 2 atom stereocenters. The number of rotatable bonds is 3. The molecule has 0 aliphatic heterocycles. The van der Waals surface area contributed by atoms with Gasteiger partial charge >= 0.3 is 12.1 Å². The Bertz CT molecular complexity index is 510. The second-order valence-electron chi connectivity index (χ2n) is 4.35. The van der Waals surface area contributed by atoms with Gasteiger partial charge in [-0.1, -0.05) is 0 Å². The molecule has 1 amide bonds. The highest BCUT2D eigenvalue weighted by molar-refractivity contribution is 5.98. The molecule has 102 valence electrons. The molecule has 1 aromatic carbocycles. The van der Waals surface area contributed by atoms with Crippen molar-refractivity contribution >= 4 is 17.6 Å². The van der Waals surface area contributed by atoms with Gasteiger partial charge in [-0.25, -0.2) is 0 Å². The molecule has 1 fully saturated rings. The number of carboxylic acid groups (broad SMARTS) is 1. The van der Waals surface area contributed by atoms with Crippen LogP contribution in [0.5, 0.6) is 0 Å². The van der Waals surface area contributed by atoms with E-state index < -0.39 is 35.5 Å². The Labute approximate surface area is 106 Å². The zero-order valence-corrected chi connectivity index (χ0v) is 9.57. The van der Waals surface area contributed by atoms with Gasteiger partial charge in [0.2, 0.25) is 5.91 Å². The molecule has 1 aliphatic carbocycles. The molecule has 0 spiro atoms. The van der Waals surface area contributed by atoms with Crippen LogP contribution in [0.2, 0.25) is 0 Å². The minimum Gasteiger partial charge on any atom is -0.481 e. The van der Waals surface area contributed by atoms with Crippen LogP contribution in [-0.4, -0.2) is 17.0 Å². The number of hydrogen-bond acceptors (Lipinski definition) is 2. The third-order valence-corrected chi connectivity index (χ3v) is 2.92. The summed E-state index contributed by atoms with van der Waals surface area (Å²) in [4.78, 5) is 22.2. The number of hydrogen-bond donors (Lipinski definition) is 2. The standard InChI is InChI=1S/C12H10F3NO3/c13-12(14,15)6-1-3-7(4-2-6)16-10(17)8-5-9(8)11(18)19/h1-4,8-9H,5H2,(H,16,17)(H,18,19)/t8-,9-/m0/s1. The van der Waals surface area contributed by atoms with Crippen LogP contribution < -0.4 is 5.32 Å². The van der Waals surface area contributed by atoms with Crippen molar-refractivity contribution in [2.24, 2.45) is 11.8 Å². The average molecular weight is 273 g/mol. The van der Waals surface area contributed by atoms with Gasteiger partial charge in [0.15, 0.2) is 0 Å². The molecule has 0 unspecified atom stereocenters. The van der Waals surface area contributed by atoms with Crippen LogP contribution in [0.25, 0.3) is 0 Å².